The summed E-state index contributed by atoms with van der Waals surface area (Å²) < 4.78 is 28.4. The number of H-pyrrole nitrogens is 1. The number of hydrogen-bond donors (Lipinski definition) is 2. The summed E-state index contributed by atoms with van der Waals surface area (Å²) in [6.45, 7) is -2.57. The minimum atomic E-state index is -2.86. The first kappa shape index (κ1) is 15.9. The van der Waals surface area contributed by atoms with Crippen LogP contribution in [0.25, 0.3) is 11.0 Å². The van der Waals surface area contributed by atoms with Crippen molar-refractivity contribution in [3.8, 4) is 5.75 Å². The second-order valence-corrected chi connectivity index (χ2v) is 5.18. The number of aromatic nitrogens is 2. The Morgan fingerprint density at radius 2 is 1.92 bits per heavy atom. The van der Waals surface area contributed by atoms with Gasteiger partial charge in [-0.2, -0.15) is 8.78 Å². The number of alkyl halides is 2. The SMILES string of the molecule is O=C(Cc1ccc(OC(F)F)cc1)NCc1nc2ccccc2[nH]1. The number of carbonyl (C=O) groups excluding carboxylic acids is 1. The van der Waals surface area contributed by atoms with E-state index in [9.17, 15) is 13.6 Å². The summed E-state index contributed by atoms with van der Waals surface area (Å²) in [6.07, 6.45) is 0.148. The zero-order valence-corrected chi connectivity index (χ0v) is 12.6. The average Bonchev–Trinajstić information content (AvgIpc) is 2.97. The Labute approximate surface area is 136 Å². The molecule has 0 unspecified atom stereocenters. The van der Waals surface area contributed by atoms with Crippen molar-refractivity contribution in [2.75, 3.05) is 0 Å². The van der Waals surface area contributed by atoms with Crippen LogP contribution in [0, 0.1) is 0 Å². The van der Waals surface area contributed by atoms with E-state index in [4.69, 9.17) is 0 Å². The number of imidazole rings is 1. The molecule has 0 aliphatic rings. The van der Waals surface area contributed by atoms with Crippen LogP contribution in [0.2, 0.25) is 0 Å². The van der Waals surface area contributed by atoms with Crippen LogP contribution in [0.1, 0.15) is 11.4 Å². The molecule has 0 aliphatic carbocycles. The highest BCUT2D eigenvalue weighted by molar-refractivity contribution is 5.79. The van der Waals surface area contributed by atoms with Crippen LogP contribution < -0.4 is 10.1 Å². The zero-order chi connectivity index (χ0) is 16.9. The molecule has 0 saturated heterocycles. The van der Waals surface area contributed by atoms with Crippen LogP contribution in [0.3, 0.4) is 0 Å². The van der Waals surface area contributed by atoms with E-state index in [1.165, 1.54) is 12.1 Å². The Balaban J connectivity index is 1.53. The first-order valence-corrected chi connectivity index (χ1v) is 7.34. The molecule has 5 nitrogen and oxygen atoms in total. The quantitative estimate of drug-likeness (QED) is 0.730. The largest absolute Gasteiger partial charge is 0.435 e. The molecule has 1 heterocycles. The van der Waals surface area contributed by atoms with E-state index >= 15 is 0 Å². The highest BCUT2D eigenvalue weighted by Crippen LogP contribution is 2.15. The number of para-hydroxylation sites is 2. The van der Waals surface area contributed by atoms with Crippen molar-refractivity contribution in [3.05, 3.63) is 59.9 Å². The maximum Gasteiger partial charge on any atom is 0.387 e. The predicted octanol–water partition coefficient (Wildman–Crippen LogP) is 3.02. The molecule has 2 N–H and O–H groups in total. The van der Waals surface area contributed by atoms with E-state index in [1.54, 1.807) is 12.1 Å². The first-order valence-electron chi connectivity index (χ1n) is 7.34. The number of nitrogens with one attached hydrogen (secondary N) is 2. The van der Waals surface area contributed by atoms with Gasteiger partial charge in [0.05, 0.1) is 24.0 Å². The van der Waals surface area contributed by atoms with Crippen molar-refractivity contribution in [2.45, 2.75) is 19.6 Å². The van der Waals surface area contributed by atoms with Crippen molar-refractivity contribution in [1.29, 1.82) is 0 Å². The Morgan fingerprint density at radius 3 is 2.62 bits per heavy atom. The van der Waals surface area contributed by atoms with Gasteiger partial charge in [0.25, 0.3) is 0 Å². The van der Waals surface area contributed by atoms with Gasteiger partial charge in [-0.15, -0.1) is 0 Å². The molecule has 0 atom stereocenters. The summed E-state index contributed by atoms with van der Waals surface area (Å²) in [4.78, 5) is 19.5. The average molecular weight is 331 g/mol. The molecular formula is C17H15F2N3O2. The van der Waals surface area contributed by atoms with Gasteiger partial charge in [0.2, 0.25) is 5.91 Å². The van der Waals surface area contributed by atoms with Gasteiger partial charge in [0.1, 0.15) is 11.6 Å². The Kier molecular flexibility index (Phi) is 4.69. The van der Waals surface area contributed by atoms with Gasteiger partial charge in [0, 0.05) is 0 Å². The molecule has 2 aromatic carbocycles. The summed E-state index contributed by atoms with van der Waals surface area (Å²) in [5, 5.41) is 2.77. The second kappa shape index (κ2) is 7.08. The van der Waals surface area contributed by atoms with E-state index in [-0.39, 0.29) is 18.1 Å². The highest BCUT2D eigenvalue weighted by Gasteiger charge is 2.08. The van der Waals surface area contributed by atoms with Crippen molar-refractivity contribution in [3.63, 3.8) is 0 Å². The number of halogens is 2. The van der Waals surface area contributed by atoms with Crippen LogP contribution in [0.15, 0.2) is 48.5 Å². The van der Waals surface area contributed by atoms with Crippen LogP contribution in [-0.4, -0.2) is 22.5 Å². The molecule has 3 aromatic rings. The summed E-state index contributed by atoms with van der Waals surface area (Å²) in [7, 11) is 0. The van der Waals surface area contributed by atoms with Crippen molar-refractivity contribution >= 4 is 16.9 Å². The molecule has 7 heteroatoms. The molecule has 124 valence electrons. The fraction of sp³-hybridized carbons (Fsp3) is 0.176. The number of fused-ring (bicyclic) bond motifs is 1. The van der Waals surface area contributed by atoms with Crippen molar-refractivity contribution in [1.82, 2.24) is 15.3 Å². The summed E-state index contributed by atoms with van der Waals surface area (Å²) >= 11 is 0. The molecular weight excluding hydrogens is 316 g/mol. The lowest BCUT2D eigenvalue weighted by Gasteiger charge is -2.06. The minimum absolute atomic E-state index is 0.0661. The molecule has 0 aliphatic heterocycles. The van der Waals surface area contributed by atoms with Gasteiger partial charge in [-0.25, -0.2) is 4.98 Å². The van der Waals surface area contributed by atoms with Gasteiger partial charge in [-0.05, 0) is 29.8 Å². The number of nitrogens with zero attached hydrogens (tertiary/aromatic N) is 1. The van der Waals surface area contributed by atoms with E-state index in [1.807, 2.05) is 24.3 Å². The number of rotatable bonds is 6. The Morgan fingerprint density at radius 1 is 1.17 bits per heavy atom. The van der Waals surface area contributed by atoms with Gasteiger partial charge >= 0.3 is 6.61 Å². The number of aromatic amines is 1. The molecule has 24 heavy (non-hydrogen) atoms. The Hall–Kier alpha value is -2.96. The lowest BCUT2D eigenvalue weighted by molar-refractivity contribution is -0.120. The van der Waals surface area contributed by atoms with E-state index in [0.717, 1.165) is 11.0 Å². The normalized spacial score (nSPS) is 11.0. The third-order valence-corrected chi connectivity index (χ3v) is 3.40. The molecule has 0 saturated carbocycles. The van der Waals surface area contributed by atoms with Crippen molar-refractivity contribution < 1.29 is 18.3 Å². The topological polar surface area (TPSA) is 67.0 Å². The Bertz CT molecular complexity index is 798. The fourth-order valence-electron chi connectivity index (χ4n) is 2.31. The zero-order valence-electron chi connectivity index (χ0n) is 12.6. The first-order chi connectivity index (χ1) is 11.6. The molecule has 3 rings (SSSR count). The molecule has 1 aromatic heterocycles. The van der Waals surface area contributed by atoms with Gasteiger partial charge in [0.15, 0.2) is 0 Å². The summed E-state index contributed by atoms with van der Waals surface area (Å²) in [5.74, 6) is 0.555. The third kappa shape index (κ3) is 4.07. The van der Waals surface area contributed by atoms with Crippen molar-refractivity contribution in [2.24, 2.45) is 0 Å². The van der Waals surface area contributed by atoms with Crippen LogP contribution in [-0.2, 0) is 17.8 Å². The fourth-order valence-corrected chi connectivity index (χ4v) is 2.31. The van der Waals surface area contributed by atoms with Crippen LogP contribution in [0.4, 0.5) is 8.78 Å². The molecule has 0 radical (unpaired) electrons. The maximum atomic E-state index is 12.1. The van der Waals surface area contributed by atoms with Gasteiger partial charge in [-0.3, -0.25) is 4.79 Å². The van der Waals surface area contributed by atoms with Crippen LogP contribution >= 0.6 is 0 Å². The molecule has 0 fully saturated rings. The van der Waals surface area contributed by atoms with Gasteiger partial charge < -0.3 is 15.0 Å². The van der Waals surface area contributed by atoms with Crippen LogP contribution in [0.5, 0.6) is 5.75 Å². The smallest absolute Gasteiger partial charge is 0.387 e. The molecule has 0 spiro atoms. The lowest BCUT2D eigenvalue weighted by Crippen LogP contribution is -2.25. The highest BCUT2D eigenvalue weighted by atomic mass is 19.3. The standard InChI is InChI=1S/C17H15F2N3O2/c18-17(19)24-12-7-5-11(6-8-12)9-16(23)20-10-15-21-13-3-1-2-4-14(13)22-15/h1-8,17H,9-10H2,(H,20,23)(H,21,22). The number of benzene rings is 2. The number of carbonyl (C=O) groups is 1. The van der Waals surface area contributed by atoms with Gasteiger partial charge in [-0.1, -0.05) is 24.3 Å². The van der Waals surface area contributed by atoms with E-state index < -0.39 is 6.61 Å². The lowest BCUT2D eigenvalue weighted by atomic mass is 10.1. The monoisotopic (exact) mass is 331 g/mol. The second-order valence-electron chi connectivity index (χ2n) is 5.18. The summed E-state index contributed by atoms with van der Waals surface area (Å²) in [6, 6.07) is 13.6. The minimum Gasteiger partial charge on any atom is -0.435 e. The van der Waals surface area contributed by atoms with E-state index in [0.29, 0.717) is 17.9 Å². The molecule has 1 amide bonds. The molecule has 0 bridgehead atoms. The number of hydrogen-bond acceptors (Lipinski definition) is 3. The number of ether oxygens (including phenoxy) is 1. The van der Waals surface area contributed by atoms with E-state index in [2.05, 4.69) is 20.0 Å². The maximum absolute atomic E-state index is 12.1. The summed E-state index contributed by atoms with van der Waals surface area (Å²) in [5.41, 5.74) is 2.46. The predicted molar refractivity (Wildman–Crippen MR) is 84.7 cm³/mol. The third-order valence-electron chi connectivity index (χ3n) is 3.40. The number of amides is 1.